The molecule has 0 fully saturated rings. The minimum Gasteiger partial charge on any atom is -0.329 e. The fourth-order valence-electron chi connectivity index (χ4n) is 1.55. The van der Waals surface area contributed by atoms with E-state index < -0.39 is 0 Å². The summed E-state index contributed by atoms with van der Waals surface area (Å²) in [6.07, 6.45) is 3.64. The summed E-state index contributed by atoms with van der Waals surface area (Å²) in [7, 11) is 0. The lowest BCUT2D eigenvalue weighted by Gasteiger charge is -2.06. The monoisotopic (exact) mass is 201 g/mol. The molecule has 2 rings (SSSR count). The van der Waals surface area contributed by atoms with Crippen molar-refractivity contribution in [3.63, 3.8) is 0 Å². The number of nitrogens with two attached hydrogens (primary N) is 1. The van der Waals surface area contributed by atoms with Crippen LogP contribution in [0.5, 0.6) is 0 Å². The highest BCUT2D eigenvalue weighted by Gasteiger charge is 2.00. The Hall–Kier alpha value is -1.61. The van der Waals surface area contributed by atoms with Crippen molar-refractivity contribution in [1.82, 2.24) is 9.55 Å². The van der Waals surface area contributed by atoms with E-state index in [2.05, 4.69) is 40.7 Å². The molecule has 78 valence electrons. The van der Waals surface area contributed by atoms with Crippen molar-refractivity contribution in [3.05, 3.63) is 53.6 Å². The molecule has 0 spiro atoms. The van der Waals surface area contributed by atoms with Gasteiger partial charge in [0.15, 0.2) is 0 Å². The predicted octanol–water partition coefficient (Wildman–Crippen LogP) is 1.70. The number of hydrogen-bond donors (Lipinski definition) is 1. The first kappa shape index (κ1) is 9.93. The Balaban J connectivity index is 2.18. The minimum absolute atomic E-state index is 0.534. The highest BCUT2D eigenvalue weighted by Crippen LogP contribution is 2.07. The van der Waals surface area contributed by atoms with Gasteiger partial charge in [0.1, 0.15) is 0 Å². The topological polar surface area (TPSA) is 43.8 Å². The van der Waals surface area contributed by atoms with E-state index in [9.17, 15) is 0 Å². The summed E-state index contributed by atoms with van der Waals surface area (Å²) in [5, 5.41) is 0. The second kappa shape index (κ2) is 4.28. The average molecular weight is 201 g/mol. The van der Waals surface area contributed by atoms with E-state index in [0.29, 0.717) is 6.54 Å². The summed E-state index contributed by atoms with van der Waals surface area (Å²) >= 11 is 0. The van der Waals surface area contributed by atoms with Gasteiger partial charge in [-0.1, -0.05) is 29.8 Å². The molecular formula is C12H15N3. The smallest absolute Gasteiger partial charge is 0.0951 e. The van der Waals surface area contributed by atoms with Crippen molar-refractivity contribution in [2.45, 2.75) is 20.0 Å². The molecular weight excluding hydrogens is 186 g/mol. The third kappa shape index (κ3) is 2.25. The maximum atomic E-state index is 5.61. The number of nitrogens with zero attached hydrogens (tertiary/aromatic N) is 2. The van der Waals surface area contributed by atoms with E-state index in [1.165, 1.54) is 11.1 Å². The first-order valence-electron chi connectivity index (χ1n) is 5.04. The van der Waals surface area contributed by atoms with Crippen LogP contribution in [-0.4, -0.2) is 9.55 Å². The number of imidazole rings is 1. The molecule has 0 saturated carbocycles. The second-order valence-corrected chi connectivity index (χ2v) is 3.70. The van der Waals surface area contributed by atoms with Crippen molar-refractivity contribution >= 4 is 0 Å². The number of aromatic nitrogens is 2. The van der Waals surface area contributed by atoms with E-state index in [1.54, 1.807) is 0 Å². The van der Waals surface area contributed by atoms with Crippen molar-refractivity contribution in [1.29, 1.82) is 0 Å². The van der Waals surface area contributed by atoms with Crippen LogP contribution < -0.4 is 5.73 Å². The molecule has 15 heavy (non-hydrogen) atoms. The molecule has 0 amide bonds. The Labute approximate surface area is 89.6 Å². The van der Waals surface area contributed by atoms with Gasteiger partial charge < -0.3 is 10.3 Å². The summed E-state index contributed by atoms with van der Waals surface area (Å²) in [5.74, 6) is 0. The lowest BCUT2D eigenvalue weighted by atomic mass is 10.1. The summed E-state index contributed by atoms with van der Waals surface area (Å²) in [6, 6.07) is 8.51. The van der Waals surface area contributed by atoms with Crippen LogP contribution in [0.25, 0.3) is 0 Å². The number of aryl methyl sites for hydroxylation is 1. The quantitative estimate of drug-likeness (QED) is 0.821. The van der Waals surface area contributed by atoms with Gasteiger partial charge in [-0.2, -0.15) is 0 Å². The van der Waals surface area contributed by atoms with Crippen LogP contribution in [0.4, 0.5) is 0 Å². The largest absolute Gasteiger partial charge is 0.329 e. The van der Waals surface area contributed by atoms with E-state index in [-0.39, 0.29) is 0 Å². The maximum absolute atomic E-state index is 5.61. The molecule has 0 aliphatic carbocycles. The fraction of sp³-hybridized carbons (Fsp3) is 0.250. The SMILES string of the molecule is Cc1ccc(Cn2cncc2CN)cc1. The van der Waals surface area contributed by atoms with E-state index in [0.717, 1.165) is 12.2 Å². The summed E-state index contributed by atoms with van der Waals surface area (Å²) in [6.45, 7) is 3.46. The molecule has 1 aromatic carbocycles. The zero-order valence-corrected chi connectivity index (χ0v) is 8.85. The van der Waals surface area contributed by atoms with Gasteiger partial charge >= 0.3 is 0 Å². The second-order valence-electron chi connectivity index (χ2n) is 3.70. The predicted molar refractivity (Wildman–Crippen MR) is 60.4 cm³/mol. The lowest BCUT2D eigenvalue weighted by molar-refractivity contribution is 0.740. The lowest BCUT2D eigenvalue weighted by Crippen LogP contribution is -2.07. The van der Waals surface area contributed by atoms with Crippen LogP contribution in [0.2, 0.25) is 0 Å². The summed E-state index contributed by atoms with van der Waals surface area (Å²) in [4.78, 5) is 4.09. The van der Waals surface area contributed by atoms with E-state index in [1.807, 2.05) is 12.5 Å². The Morgan fingerprint density at radius 3 is 2.67 bits per heavy atom. The first-order valence-corrected chi connectivity index (χ1v) is 5.04. The van der Waals surface area contributed by atoms with Crippen molar-refractivity contribution in [2.24, 2.45) is 5.73 Å². The molecule has 1 heterocycles. The number of rotatable bonds is 3. The van der Waals surface area contributed by atoms with Crippen LogP contribution in [-0.2, 0) is 13.1 Å². The van der Waals surface area contributed by atoms with Crippen molar-refractivity contribution in [3.8, 4) is 0 Å². The molecule has 3 heteroatoms. The Bertz CT molecular complexity index is 428. The third-order valence-corrected chi connectivity index (χ3v) is 2.48. The normalized spacial score (nSPS) is 10.5. The standard InChI is InChI=1S/C12H15N3/c1-10-2-4-11(5-3-10)8-15-9-14-7-12(15)6-13/h2-5,7,9H,6,8,13H2,1H3. The fourth-order valence-corrected chi connectivity index (χ4v) is 1.55. The van der Waals surface area contributed by atoms with Crippen LogP contribution in [0, 0.1) is 6.92 Å². The molecule has 0 aliphatic heterocycles. The molecule has 3 nitrogen and oxygen atoms in total. The molecule has 0 atom stereocenters. The number of hydrogen-bond acceptors (Lipinski definition) is 2. The van der Waals surface area contributed by atoms with Crippen molar-refractivity contribution in [2.75, 3.05) is 0 Å². The van der Waals surface area contributed by atoms with Gasteiger partial charge in [0.25, 0.3) is 0 Å². The van der Waals surface area contributed by atoms with Gasteiger partial charge in [-0.25, -0.2) is 4.98 Å². The molecule has 2 N–H and O–H groups in total. The Morgan fingerprint density at radius 2 is 2.00 bits per heavy atom. The van der Waals surface area contributed by atoms with Crippen molar-refractivity contribution < 1.29 is 0 Å². The van der Waals surface area contributed by atoms with Gasteiger partial charge in [0, 0.05) is 19.3 Å². The zero-order chi connectivity index (χ0) is 10.7. The Morgan fingerprint density at radius 1 is 1.27 bits per heavy atom. The number of benzene rings is 1. The molecule has 0 aliphatic rings. The highest BCUT2D eigenvalue weighted by molar-refractivity contribution is 5.22. The third-order valence-electron chi connectivity index (χ3n) is 2.48. The first-order chi connectivity index (χ1) is 7.29. The minimum atomic E-state index is 0.534. The summed E-state index contributed by atoms with van der Waals surface area (Å²) in [5.41, 5.74) is 9.23. The van der Waals surface area contributed by atoms with E-state index >= 15 is 0 Å². The zero-order valence-electron chi connectivity index (χ0n) is 8.85. The summed E-state index contributed by atoms with van der Waals surface area (Å²) < 4.78 is 2.07. The van der Waals surface area contributed by atoms with Crippen LogP contribution in [0.3, 0.4) is 0 Å². The van der Waals surface area contributed by atoms with Crippen LogP contribution in [0.1, 0.15) is 16.8 Å². The van der Waals surface area contributed by atoms with Crippen LogP contribution >= 0.6 is 0 Å². The average Bonchev–Trinajstić information content (AvgIpc) is 2.69. The van der Waals surface area contributed by atoms with Gasteiger partial charge in [-0.15, -0.1) is 0 Å². The molecule has 2 aromatic rings. The molecule has 0 unspecified atom stereocenters. The molecule has 1 aromatic heterocycles. The van der Waals surface area contributed by atoms with Gasteiger partial charge in [-0.3, -0.25) is 0 Å². The Kier molecular flexibility index (Phi) is 2.83. The van der Waals surface area contributed by atoms with Gasteiger partial charge in [0.05, 0.1) is 12.0 Å². The van der Waals surface area contributed by atoms with Gasteiger partial charge in [0.2, 0.25) is 0 Å². The maximum Gasteiger partial charge on any atom is 0.0951 e. The van der Waals surface area contributed by atoms with E-state index in [4.69, 9.17) is 5.73 Å². The highest BCUT2D eigenvalue weighted by atomic mass is 15.0. The van der Waals surface area contributed by atoms with Crippen LogP contribution in [0.15, 0.2) is 36.8 Å². The van der Waals surface area contributed by atoms with Gasteiger partial charge in [-0.05, 0) is 12.5 Å². The molecule has 0 bridgehead atoms. The molecule has 0 radical (unpaired) electrons. The molecule has 0 saturated heterocycles.